The highest BCUT2D eigenvalue weighted by Gasteiger charge is 2.46. The van der Waals surface area contributed by atoms with Crippen LogP contribution in [-0.4, -0.2) is 46.5 Å². The molecule has 3 atom stereocenters. The first-order valence-electron chi connectivity index (χ1n) is 6.71. The van der Waals surface area contributed by atoms with Gasteiger partial charge in [0.15, 0.2) is 0 Å². The smallest absolute Gasteiger partial charge is 0.303 e. The van der Waals surface area contributed by atoms with Gasteiger partial charge in [0.1, 0.15) is 12.2 Å². The number of morpholine rings is 1. The second kappa shape index (κ2) is 5.69. The minimum Gasteiger partial charge on any atom is -0.481 e. The fourth-order valence-electron chi connectivity index (χ4n) is 2.54. The summed E-state index contributed by atoms with van der Waals surface area (Å²) in [4.78, 5) is 35.7. The zero-order chi connectivity index (χ0) is 14.0. The van der Waals surface area contributed by atoms with Crippen molar-refractivity contribution in [2.45, 2.75) is 51.2 Å². The van der Waals surface area contributed by atoms with Gasteiger partial charge in [-0.2, -0.15) is 0 Å². The summed E-state index contributed by atoms with van der Waals surface area (Å²) in [5.41, 5.74) is 0. The Labute approximate surface area is 111 Å². The molecule has 2 aliphatic rings. The van der Waals surface area contributed by atoms with Gasteiger partial charge in [-0.15, -0.1) is 0 Å². The predicted molar refractivity (Wildman–Crippen MR) is 65.3 cm³/mol. The number of nitrogens with zero attached hydrogens (tertiary/aromatic N) is 1. The summed E-state index contributed by atoms with van der Waals surface area (Å²) < 4.78 is 5.32. The molecule has 0 saturated carbocycles. The molecule has 2 fully saturated rings. The van der Waals surface area contributed by atoms with Crippen molar-refractivity contribution in [3.05, 3.63) is 0 Å². The lowest BCUT2D eigenvalue weighted by Gasteiger charge is -2.30. The maximum Gasteiger partial charge on any atom is 0.303 e. The van der Waals surface area contributed by atoms with E-state index in [9.17, 15) is 14.4 Å². The van der Waals surface area contributed by atoms with E-state index >= 15 is 0 Å². The standard InChI is InChI=1S/C13H19NO5/c1-8(2-5-11(15)16)6-7-14-12(17)9-3-4-10(19-9)13(14)18/h8-10H,2-7H2,1H3,(H,15,16). The van der Waals surface area contributed by atoms with Gasteiger partial charge in [-0.25, -0.2) is 0 Å². The number of rotatable bonds is 6. The lowest BCUT2D eigenvalue weighted by molar-refractivity contribution is -0.168. The molecule has 0 spiro atoms. The topological polar surface area (TPSA) is 83.9 Å². The van der Waals surface area contributed by atoms with Crippen molar-refractivity contribution in [1.82, 2.24) is 4.90 Å². The van der Waals surface area contributed by atoms with E-state index in [0.29, 0.717) is 32.2 Å². The van der Waals surface area contributed by atoms with Crippen molar-refractivity contribution < 1.29 is 24.2 Å². The Morgan fingerprint density at radius 3 is 2.42 bits per heavy atom. The molecule has 106 valence electrons. The van der Waals surface area contributed by atoms with Gasteiger partial charge in [0.2, 0.25) is 0 Å². The molecule has 1 N–H and O–H groups in total. The molecule has 6 nitrogen and oxygen atoms in total. The van der Waals surface area contributed by atoms with Gasteiger partial charge in [0, 0.05) is 13.0 Å². The second-order valence-electron chi connectivity index (χ2n) is 5.35. The summed E-state index contributed by atoms with van der Waals surface area (Å²) in [6.45, 7) is 2.31. The average Bonchev–Trinajstić information content (AvgIpc) is 2.81. The largest absolute Gasteiger partial charge is 0.481 e. The molecule has 2 aliphatic heterocycles. The lowest BCUT2D eigenvalue weighted by Crippen LogP contribution is -2.52. The monoisotopic (exact) mass is 269 g/mol. The van der Waals surface area contributed by atoms with Crippen LogP contribution in [0, 0.1) is 5.92 Å². The molecule has 6 heteroatoms. The molecule has 0 aromatic carbocycles. The van der Waals surface area contributed by atoms with Crippen LogP contribution in [0.15, 0.2) is 0 Å². The van der Waals surface area contributed by atoms with Crippen LogP contribution in [0.4, 0.5) is 0 Å². The van der Waals surface area contributed by atoms with Crippen molar-refractivity contribution in [2.75, 3.05) is 6.54 Å². The van der Waals surface area contributed by atoms with Gasteiger partial charge in [-0.05, 0) is 31.6 Å². The van der Waals surface area contributed by atoms with E-state index in [0.717, 1.165) is 0 Å². The molecule has 2 saturated heterocycles. The Kier molecular flexibility index (Phi) is 4.19. The van der Waals surface area contributed by atoms with Gasteiger partial charge in [-0.3, -0.25) is 19.3 Å². The lowest BCUT2D eigenvalue weighted by atomic mass is 10.0. The predicted octanol–water partition coefficient (Wildman–Crippen LogP) is 0.794. The third-order valence-corrected chi connectivity index (χ3v) is 3.80. The highest BCUT2D eigenvalue weighted by atomic mass is 16.5. The van der Waals surface area contributed by atoms with Crippen molar-refractivity contribution in [3.8, 4) is 0 Å². The quantitative estimate of drug-likeness (QED) is 0.721. The fourth-order valence-corrected chi connectivity index (χ4v) is 2.54. The number of carbonyl (C=O) groups is 3. The Bertz CT molecular complexity index is 372. The molecule has 2 heterocycles. The Balaban J connectivity index is 1.83. The van der Waals surface area contributed by atoms with Crippen LogP contribution in [0.2, 0.25) is 0 Å². The number of fused-ring (bicyclic) bond motifs is 2. The summed E-state index contributed by atoms with van der Waals surface area (Å²) in [5, 5.41) is 8.61. The van der Waals surface area contributed by atoms with Crippen LogP contribution in [0.25, 0.3) is 0 Å². The van der Waals surface area contributed by atoms with Crippen molar-refractivity contribution in [3.63, 3.8) is 0 Å². The number of amides is 2. The third kappa shape index (κ3) is 3.12. The summed E-state index contributed by atoms with van der Waals surface area (Å²) >= 11 is 0. The number of carboxylic acids is 1. The highest BCUT2D eigenvalue weighted by molar-refractivity contribution is 6.02. The maximum absolute atomic E-state index is 12.0. The number of imide groups is 1. The van der Waals surface area contributed by atoms with Crippen molar-refractivity contribution in [2.24, 2.45) is 5.92 Å². The zero-order valence-corrected chi connectivity index (χ0v) is 11.0. The zero-order valence-electron chi connectivity index (χ0n) is 11.0. The van der Waals surface area contributed by atoms with E-state index < -0.39 is 18.2 Å². The van der Waals surface area contributed by atoms with Crippen LogP contribution < -0.4 is 0 Å². The first-order chi connectivity index (χ1) is 8.99. The molecular weight excluding hydrogens is 250 g/mol. The molecule has 0 aliphatic carbocycles. The number of likely N-dealkylation sites (tertiary alicyclic amines) is 1. The first-order valence-corrected chi connectivity index (χ1v) is 6.71. The molecule has 3 unspecified atom stereocenters. The number of carboxylic acid groups (broad SMARTS) is 1. The number of carbonyl (C=O) groups excluding carboxylic acids is 2. The fraction of sp³-hybridized carbons (Fsp3) is 0.769. The third-order valence-electron chi connectivity index (χ3n) is 3.80. The van der Waals surface area contributed by atoms with Crippen LogP contribution in [0.3, 0.4) is 0 Å². The molecule has 0 radical (unpaired) electrons. The molecule has 0 aromatic rings. The SMILES string of the molecule is CC(CCC(=O)O)CCN1C(=O)C2CCC(O2)C1=O. The minimum atomic E-state index is -0.816. The van der Waals surface area contributed by atoms with Crippen LogP contribution in [0.1, 0.15) is 39.0 Å². The number of hydrogen-bond donors (Lipinski definition) is 1. The van der Waals surface area contributed by atoms with Crippen molar-refractivity contribution in [1.29, 1.82) is 0 Å². The molecule has 2 rings (SSSR count). The molecule has 19 heavy (non-hydrogen) atoms. The van der Waals surface area contributed by atoms with E-state index in [1.165, 1.54) is 4.90 Å². The normalized spacial score (nSPS) is 27.7. The molecule has 0 aromatic heterocycles. The second-order valence-corrected chi connectivity index (χ2v) is 5.35. The van der Waals surface area contributed by atoms with Crippen LogP contribution >= 0.6 is 0 Å². The van der Waals surface area contributed by atoms with E-state index in [4.69, 9.17) is 9.84 Å². The van der Waals surface area contributed by atoms with Crippen LogP contribution in [0.5, 0.6) is 0 Å². The first kappa shape index (κ1) is 14.0. The maximum atomic E-state index is 12.0. The Hall–Kier alpha value is -1.43. The van der Waals surface area contributed by atoms with Gasteiger partial charge >= 0.3 is 5.97 Å². The summed E-state index contributed by atoms with van der Waals surface area (Å²) in [7, 11) is 0. The number of aliphatic carboxylic acids is 1. The number of ether oxygens (including phenoxy) is 1. The summed E-state index contributed by atoms with van der Waals surface area (Å²) in [6, 6.07) is 0. The Morgan fingerprint density at radius 2 is 1.89 bits per heavy atom. The molecule has 2 bridgehead atoms. The van der Waals surface area contributed by atoms with E-state index in [2.05, 4.69) is 0 Å². The van der Waals surface area contributed by atoms with Gasteiger partial charge in [-0.1, -0.05) is 6.92 Å². The average molecular weight is 269 g/mol. The molecular formula is C13H19NO5. The summed E-state index contributed by atoms with van der Waals surface area (Å²) in [5.74, 6) is -1.10. The van der Waals surface area contributed by atoms with E-state index in [1.807, 2.05) is 6.92 Å². The Morgan fingerprint density at radius 1 is 1.32 bits per heavy atom. The van der Waals surface area contributed by atoms with Crippen LogP contribution in [-0.2, 0) is 19.1 Å². The van der Waals surface area contributed by atoms with Gasteiger partial charge in [0.05, 0.1) is 0 Å². The minimum absolute atomic E-state index is 0.122. The highest BCUT2D eigenvalue weighted by Crippen LogP contribution is 2.28. The van der Waals surface area contributed by atoms with Gasteiger partial charge < -0.3 is 9.84 Å². The molecule has 2 amide bonds. The van der Waals surface area contributed by atoms with Gasteiger partial charge in [0.25, 0.3) is 11.8 Å². The van der Waals surface area contributed by atoms with E-state index in [-0.39, 0.29) is 24.2 Å². The van der Waals surface area contributed by atoms with E-state index in [1.54, 1.807) is 0 Å². The van der Waals surface area contributed by atoms with Crippen molar-refractivity contribution >= 4 is 17.8 Å². The summed E-state index contributed by atoms with van der Waals surface area (Å²) in [6.07, 6.45) is 1.69. The number of hydrogen-bond acceptors (Lipinski definition) is 4.